The van der Waals surface area contributed by atoms with Crippen LogP contribution in [0.25, 0.3) is 0 Å². The van der Waals surface area contributed by atoms with Crippen molar-refractivity contribution in [1.29, 1.82) is 0 Å². The highest BCUT2D eigenvalue weighted by Crippen LogP contribution is 2.29. The monoisotopic (exact) mass is 267 g/mol. The van der Waals surface area contributed by atoms with Crippen LogP contribution in [0.1, 0.15) is 19.0 Å². The number of nitrogens with one attached hydrogen (secondary N) is 1. The van der Waals surface area contributed by atoms with E-state index in [-0.39, 0.29) is 17.5 Å². The fourth-order valence-electron chi connectivity index (χ4n) is 1.39. The summed E-state index contributed by atoms with van der Waals surface area (Å²) in [7, 11) is 0. The molecule has 1 aromatic rings. The van der Waals surface area contributed by atoms with Gasteiger partial charge in [0.15, 0.2) is 0 Å². The highest BCUT2D eigenvalue weighted by Gasteiger charge is 2.27. The van der Waals surface area contributed by atoms with Gasteiger partial charge in [-0.15, -0.1) is 0 Å². The minimum Gasteiger partial charge on any atom is -0.333 e. The Morgan fingerprint density at radius 3 is 2.88 bits per heavy atom. The first-order valence-electron chi connectivity index (χ1n) is 5.43. The third kappa shape index (κ3) is 5.97. The number of halogens is 3. The molecule has 0 atom stereocenters. The number of imidazole rings is 1. The van der Waals surface area contributed by atoms with Crippen molar-refractivity contribution in [3.8, 4) is 0 Å². The second-order valence-corrected chi connectivity index (χ2v) is 4.71. The van der Waals surface area contributed by atoms with Crippen molar-refractivity contribution >= 4 is 11.8 Å². The third-order valence-corrected chi connectivity index (χ3v) is 2.85. The number of alkyl halides is 3. The minimum absolute atomic E-state index is 0.000299. The average molecular weight is 267 g/mol. The van der Waals surface area contributed by atoms with Crippen LogP contribution < -0.4 is 5.32 Å². The molecule has 0 aromatic carbocycles. The van der Waals surface area contributed by atoms with Gasteiger partial charge in [0.2, 0.25) is 0 Å². The molecule has 1 aromatic heterocycles. The summed E-state index contributed by atoms with van der Waals surface area (Å²) in [6, 6.07) is 0. The van der Waals surface area contributed by atoms with Gasteiger partial charge in [-0.1, -0.05) is 6.92 Å². The molecule has 0 spiro atoms. The second-order valence-electron chi connectivity index (χ2n) is 3.55. The van der Waals surface area contributed by atoms with Crippen molar-refractivity contribution in [2.24, 2.45) is 0 Å². The summed E-state index contributed by atoms with van der Waals surface area (Å²) in [4.78, 5) is 4.02. The van der Waals surface area contributed by atoms with Crippen molar-refractivity contribution in [2.75, 3.05) is 12.3 Å². The lowest BCUT2D eigenvalue weighted by molar-refractivity contribution is -0.0327. The van der Waals surface area contributed by atoms with Crippen LogP contribution in [-0.4, -0.2) is 27.4 Å². The molecule has 0 aliphatic rings. The van der Waals surface area contributed by atoms with Gasteiger partial charge in [-0.3, -0.25) is 0 Å². The number of thioether (sulfide) groups is 1. The molecule has 7 heteroatoms. The van der Waals surface area contributed by atoms with Gasteiger partial charge in [-0.05, 0) is 18.2 Å². The minimum atomic E-state index is -4.13. The molecule has 0 unspecified atom stereocenters. The standard InChI is InChI=1S/C10H16F3N3S/c1-2-4-16-8-15-7-9(16)6-14-3-5-17-10(11,12)13/h7-8,14H,2-6H2,1H3. The maximum Gasteiger partial charge on any atom is 0.441 e. The molecule has 1 N–H and O–H groups in total. The van der Waals surface area contributed by atoms with E-state index in [2.05, 4.69) is 17.2 Å². The first kappa shape index (κ1) is 14.4. The number of nitrogens with zero attached hydrogens (tertiary/aromatic N) is 2. The summed E-state index contributed by atoms with van der Waals surface area (Å²) in [5.41, 5.74) is -3.13. The van der Waals surface area contributed by atoms with E-state index in [0.29, 0.717) is 13.1 Å². The van der Waals surface area contributed by atoms with Crippen LogP contribution in [0.3, 0.4) is 0 Å². The number of rotatable bonds is 7. The van der Waals surface area contributed by atoms with Crippen molar-refractivity contribution < 1.29 is 13.2 Å². The van der Waals surface area contributed by atoms with Gasteiger partial charge in [0, 0.05) is 31.6 Å². The quantitative estimate of drug-likeness (QED) is 0.770. The summed E-state index contributed by atoms with van der Waals surface area (Å²) < 4.78 is 37.5. The van der Waals surface area contributed by atoms with E-state index in [1.165, 1.54) is 0 Å². The zero-order chi connectivity index (χ0) is 12.7. The van der Waals surface area contributed by atoms with Crippen molar-refractivity contribution in [3.05, 3.63) is 18.2 Å². The fourth-order valence-corrected chi connectivity index (χ4v) is 1.87. The van der Waals surface area contributed by atoms with Crippen LogP contribution in [0.4, 0.5) is 13.2 Å². The van der Waals surface area contributed by atoms with Gasteiger partial charge < -0.3 is 9.88 Å². The van der Waals surface area contributed by atoms with Crippen LogP contribution in [0.2, 0.25) is 0 Å². The van der Waals surface area contributed by atoms with Gasteiger partial charge in [-0.2, -0.15) is 13.2 Å². The molecule has 1 heterocycles. The summed E-state index contributed by atoms with van der Waals surface area (Å²) >= 11 is 0.000299. The van der Waals surface area contributed by atoms with E-state index in [0.717, 1.165) is 18.7 Å². The summed E-state index contributed by atoms with van der Waals surface area (Å²) in [6.07, 6.45) is 4.48. The molecule has 0 bridgehead atoms. The lowest BCUT2D eigenvalue weighted by Crippen LogP contribution is -2.20. The molecule has 0 saturated heterocycles. The normalized spacial score (nSPS) is 12.0. The van der Waals surface area contributed by atoms with Gasteiger partial charge in [-0.25, -0.2) is 4.98 Å². The van der Waals surface area contributed by atoms with Crippen molar-refractivity contribution in [1.82, 2.24) is 14.9 Å². The zero-order valence-electron chi connectivity index (χ0n) is 9.63. The van der Waals surface area contributed by atoms with E-state index < -0.39 is 5.51 Å². The maximum atomic E-state index is 11.8. The van der Waals surface area contributed by atoms with Gasteiger partial charge >= 0.3 is 5.51 Å². The van der Waals surface area contributed by atoms with Crippen LogP contribution >= 0.6 is 11.8 Å². The predicted molar refractivity (Wildman–Crippen MR) is 62.7 cm³/mol. The molecule has 98 valence electrons. The molecule has 0 amide bonds. The molecule has 0 aliphatic heterocycles. The molecule has 3 nitrogen and oxygen atoms in total. The zero-order valence-corrected chi connectivity index (χ0v) is 10.4. The average Bonchev–Trinajstić information content (AvgIpc) is 2.64. The Kier molecular flexibility index (Phi) is 5.84. The number of aryl methyl sites for hydroxylation is 1. The molecule has 0 radical (unpaired) electrons. The smallest absolute Gasteiger partial charge is 0.333 e. The number of hydrogen-bond donors (Lipinski definition) is 1. The maximum absolute atomic E-state index is 11.8. The Morgan fingerprint density at radius 2 is 2.24 bits per heavy atom. The van der Waals surface area contributed by atoms with Crippen molar-refractivity contribution in [2.45, 2.75) is 31.9 Å². The molecule has 0 aliphatic carbocycles. The van der Waals surface area contributed by atoms with Crippen LogP contribution in [0, 0.1) is 0 Å². The second kappa shape index (κ2) is 6.90. The molecule has 0 fully saturated rings. The molecule has 17 heavy (non-hydrogen) atoms. The summed E-state index contributed by atoms with van der Waals surface area (Å²) in [6.45, 7) is 3.84. The van der Waals surface area contributed by atoms with E-state index in [4.69, 9.17) is 0 Å². The lowest BCUT2D eigenvalue weighted by atomic mass is 10.4. The Labute approximate surface area is 103 Å². The highest BCUT2D eigenvalue weighted by molar-refractivity contribution is 8.00. The van der Waals surface area contributed by atoms with E-state index in [1.54, 1.807) is 12.5 Å². The Morgan fingerprint density at radius 1 is 1.47 bits per heavy atom. The predicted octanol–water partition coefficient (Wildman–Crippen LogP) is 2.64. The van der Waals surface area contributed by atoms with Crippen LogP contribution in [-0.2, 0) is 13.1 Å². The topological polar surface area (TPSA) is 29.9 Å². The first-order valence-corrected chi connectivity index (χ1v) is 6.42. The summed E-state index contributed by atoms with van der Waals surface area (Å²) in [5, 5.41) is 2.98. The van der Waals surface area contributed by atoms with E-state index >= 15 is 0 Å². The van der Waals surface area contributed by atoms with Crippen LogP contribution in [0.5, 0.6) is 0 Å². The molecular formula is C10H16F3N3S. The molecular weight excluding hydrogens is 251 g/mol. The fraction of sp³-hybridized carbons (Fsp3) is 0.700. The molecule has 0 saturated carbocycles. The Balaban J connectivity index is 2.20. The Bertz CT molecular complexity index is 325. The Hall–Kier alpha value is -0.690. The van der Waals surface area contributed by atoms with Gasteiger partial charge in [0.05, 0.1) is 12.0 Å². The van der Waals surface area contributed by atoms with E-state index in [9.17, 15) is 13.2 Å². The summed E-state index contributed by atoms with van der Waals surface area (Å²) in [5.74, 6) is 0.0331. The lowest BCUT2D eigenvalue weighted by Gasteiger charge is -2.08. The van der Waals surface area contributed by atoms with E-state index in [1.807, 2.05) is 4.57 Å². The third-order valence-electron chi connectivity index (χ3n) is 2.11. The van der Waals surface area contributed by atoms with Gasteiger partial charge in [0.1, 0.15) is 0 Å². The number of hydrogen-bond acceptors (Lipinski definition) is 3. The largest absolute Gasteiger partial charge is 0.441 e. The SMILES string of the molecule is CCCn1cncc1CNCCSC(F)(F)F. The number of aromatic nitrogens is 2. The van der Waals surface area contributed by atoms with Crippen LogP contribution in [0.15, 0.2) is 12.5 Å². The first-order chi connectivity index (χ1) is 8.03. The molecule has 1 rings (SSSR count). The van der Waals surface area contributed by atoms with Gasteiger partial charge in [0.25, 0.3) is 0 Å². The highest BCUT2D eigenvalue weighted by atomic mass is 32.2. The van der Waals surface area contributed by atoms with Crippen molar-refractivity contribution in [3.63, 3.8) is 0 Å².